The van der Waals surface area contributed by atoms with Crippen LogP contribution in [0.15, 0.2) is 109 Å². The van der Waals surface area contributed by atoms with Crippen LogP contribution in [-0.2, 0) is 5.54 Å². The number of rotatable bonds is 2. The molecule has 4 nitrogen and oxygen atoms in total. The molecule has 37 heavy (non-hydrogen) atoms. The van der Waals surface area contributed by atoms with Gasteiger partial charge in [0.1, 0.15) is 0 Å². The first-order valence-electron chi connectivity index (χ1n) is 12.6. The number of nitrogens with zero attached hydrogens (tertiary/aromatic N) is 4. The number of para-hydroxylation sites is 3. The molecule has 0 fully saturated rings. The maximum absolute atomic E-state index is 4.89. The zero-order valence-corrected chi connectivity index (χ0v) is 22.4. The lowest BCUT2D eigenvalue weighted by atomic mass is 9.92. The van der Waals surface area contributed by atoms with Crippen molar-refractivity contribution >= 4 is 72.5 Å². The molecule has 0 bridgehead atoms. The molecular weight excluding hydrogens is 567 g/mol. The van der Waals surface area contributed by atoms with Gasteiger partial charge < -0.3 is 4.57 Å². The van der Waals surface area contributed by atoms with Gasteiger partial charge in [-0.05, 0) is 66.9 Å². The van der Waals surface area contributed by atoms with Gasteiger partial charge in [-0.25, -0.2) is 7.76 Å². The van der Waals surface area contributed by atoms with Gasteiger partial charge >= 0.3 is 0 Å². The van der Waals surface area contributed by atoms with Crippen LogP contribution in [0.1, 0.15) is 13.3 Å². The second kappa shape index (κ2) is 7.59. The standard InChI is InChI=1S/C32H23IN4/c1-32(17-7-2-8-18-32)36-26-11-5-3-9-23(26)24-19-21(13-15-27(24)36)22-14-16-29-30(20-22)35-28-12-6-4-10-25(28)34-31(35)37(29)33/h2-17,19-20H,18H2,1H3. The summed E-state index contributed by atoms with van der Waals surface area (Å²) in [6, 6.07) is 30.9. The topological polar surface area (TPSA) is 27.2 Å². The lowest BCUT2D eigenvalue weighted by molar-refractivity contribution is 0.437. The van der Waals surface area contributed by atoms with Crippen LogP contribution in [0.2, 0.25) is 0 Å². The summed E-state index contributed by atoms with van der Waals surface area (Å²) in [4.78, 5) is 4.89. The molecule has 1 atom stereocenters. The molecule has 0 radical (unpaired) electrons. The second-order valence-electron chi connectivity index (χ2n) is 10.2. The Hall–Kier alpha value is -3.84. The van der Waals surface area contributed by atoms with Crippen molar-refractivity contribution in [2.75, 3.05) is 0 Å². The van der Waals surface area contributed by atoms with Gasteiger partial charge in [-0.1, -0.05) is 66.8 Å². The fourth-order valence-electron chi connectivity index (χ4n) is 6.12. The van der Waals surface area contributed by atoms with Crippen LogP contribution < -0.4 is 0 Å². The Morgan fingerprint density at radius 2 is 1.46 bits per heavy atom. The maximum Gasteiger partial charge on any atom is 0.225 e. The molecule has 5 heteroatoms. The third kappa shape index (κ3) is 2.92. The summed E-state index contributed by atoms with van der Waals surface area (Å²) in [5.74, 6) is 0.954. The zero-order chi connectivity index (χ0) is 24.7. The van der Waals surface area contributed by atoms with Gasteiger partial charge in [-0.15, -0.1) is 0 Å². The molecule has 7 aromatic rings. The largest absolute Gasteiger partial charge is 0.331 e. The molecule has 3 aromatic heterocycles. The van der Waals surface area contributed by atoms with E-state index in [0.717, 1.165) is 23.2 Å². The molecule has 4 aromatic carbocycles. The highest BCUT2D eigenvalue weighted by Crippen LogP contribution is 2.40. The molecule has 0 amide bonds. The summed E-state index contributed by atoms with van der Waals surface area (Å²) < 4.78 is 6.94. The van der Waals surface area contributed by atoms with Crippen molar-refractivity contribution in [2.24, 2.45) is 0 Å². The Balaban J connectivity index is 1.38. The number of benzene rings is 4. The summed E-state index contributed by atoms with van der Waals surface area (Å²) in [6.45, 7) is 2.33. The van der Waals surface area contributed by atoms with Crippen LogP contribution in [0.4, 0.5) is 0 Å². The van der Waals surface area contributed by atoms with Crippen molar-refractivity contribution in [1.82, 2.24) is 16.7 Å². The quantitative estimate of drug-likeness (QED) is 0.185. The van der Waals surface area contributed by atoms with E-state index in [2.05, 4.69) is 145 Å². The normalized spacial score (nSPS) is 17.8. The van der Waals surface area contributed by atoms with Crippen LogP contribution in [0.5, 0.6) is 0 Å². The summed E-state index contributed by atoms with van der Waals surface area (Å²) in [5, 5.41) is 2.59. The van der Waals surface area contributed by atoms with E-state index in [1.54, 1.807) is 0 Å². The van der Waals surface area contributed by atoms with E-state index in [1.807, 2.05) is 6.07 Å². The third-order valence-electron chi connectivity index (χ3n) is 7.90. The first-order valence-corrected chi connectivity index (χ1v) is 13.6. The Morgan fingerprint density at radius 3 is 2.30 bits per heavy atom. The molecule has 0 spiro atoms. The highest BCUT2D eigenvalue weighted by molar-refractivity contribution is 14.1. The van der Waals surface area contributed by atoms with E-state index >= 15 is 0 Å². The lowest BCUT2D eigenvalue weighted by Gasteiger charge is -2.31. The monoisotopic (exact) mass is 590 g/mol. The van der Waals surface area contributed by atoms with Crippen molar-refractivity contribution in [1.29, 1.82) is 0 Å². The Labute approximate surface area is 227 Å². The van der Waals surface area contributed by atoms with Gasteiger partial charge in [0.2, 0.25) is 5.78 Å². The number of hydrogen-bond donors (Lipinski definition) is 0. The SMILES string of the molecule is CC1(n2c3ccccc3c3cc(-c4ccc5c(c4)n4c6ccccc6nc4n5I)ccc32)C=CC=CC1. The van der Waals surface area contributed by atoms with Gasteiger partial charge in [0, 0.05) is 21.8 Å². The molecule has 0 aliphatic heterocycles. The van der Waals surface area contributed by atoms with Crippen molar-refractivity contribution in [3.63, 3.8) is 0 Å². The van der Waals surface area contributed by atoms with E-state index < -0.39 is 0 Å². The molecule has 1 aliphatic carbocycles. The minimum Gasteiger partial charge on any atom is -0.331 e. The summed E-state index contributed by atoms with van der Waals surface area (Å²) in [5.41, 5.74) is 9.38. The number of hydrogen-bond acceptors (Lipinski definition) is 1. The molecule has 1 unspecified atom stereocenters. The molecule has 3 heterocycles. The summed E-state index contributed by atoms with van der Waals surface area (Å²) >= 11 is 2.36. The average molecular weight is 590 g/mol. The van der Waals surface area contributed by atoms with Crippen molar-refractivity contribution in [3.05, 3.63) is 109 Å². The van der Waals surface area contributed by atoms with Gasteiger partial charge in [-0.3, -0.25) is 4.40 Å². The van der Waals surface area contributed by atoms with Crippen LogP contribution in [0, 0.1) is 0 Å². The van der Waals surface area contributed by atoms with E-state index in [0.29, 0.717) is 0 Å². The van der Waals surface area contributed by atoms with Gasteiger partial charge in [-0.2, -0.15) is 0 Å². The molecule has 178 valence electrons. The number of allylic oxidation sites excluding steroid dienone is 4. The van der Waals surface area contributed by atoms with E-state index in [4.69, 9.17) is 4.98 Å². The zero-order valence-electron chi connectivity index (χ0n) is 20.3. The molecule has 0 N–H and O–H groups in total. The number of imidazole rings is 2. The Morgan fingerprint density at radius 1 is 0.730 bits per heavy atom. The lowest BCUT2D eigenvalue weighted by Crippen LogP contribution is -2.27. The van der Waals surface area contributed by atoms with Gasteiger partial charge in [0.15, 0.2) is 0 Å². The number of aromatic nitrogens is 4. The molecule has 8 rings (SSSR count). The minimum atomic E-state index is -0.0895. The van der Waals surface area contributed by atoms with Crippen LogP contribution in [-0.4, -0.2) is 16.7 Å². The van der Waals surface area contributed by atoms with Crippen molar-refractivity contribution in [3.8, 4) is 11.1 Å². The minimum absolute atomic E-state index is 0.0895. The summed E-state index contributed by atoms with van der Waals surface area (Å²) in [6.07, 6.45) is 9.90. The Kier molecular flexibility index (Phi) is 4.36. The van der Waals surface area contributed by atoms with Crippen molar-refractivity contribution < 1.29 is 0 Å². The fraction of sp³-hybridized carbons (Fsp3) is 0.0938. The first kappa shape index (κ1) is 21.3. The van der Waals surface area contributed by atoms with Crippen molar-refractivity contribution in [2.45, 2.75) is 18.9 Å². The first-order chi connectivity index (χ1) is 18.1. The Bertz CT molecular complexity index is 2100. The predicted molar refractivity (Wildman–Crippen MR) is 163 cm³/mol. The molecule has 1 aliphatic rings. The second-order valence-corrected chi connectivity index (χ2v) is 11.1. The van der Waals surface area contributed by atoms with Crippen LogP contribution in [0.25, 0.3) is 60.8 Å². The van der Waals surface area contributed by atoms with Crippen LogP contribution >= 0.6 is 22.9 Å². The number of fused-ring (bicyclic) bond motifs is 8. The highest BCUT2D eigenvalue weighted by Gasteiger charge is 2.27. The van der Waals surface area contributed by atoms with E-state index in [9.17, 15) is 0 Å². The predicted octanol–water partition coefficient (Wildman–Crippen LogP) is 8.65. The highest BCUT2D eigenvalue weighted by atomic mass is 127. The summed E-state index contributed by atoms with van der Waals surface area (Å²) in [7, 11) is 0. The third-order valence-corrected chi connectivity index (χ3v) is 8.85. The van der Waals surface area contributed by atoms with Gasteiger partial charge in [0.05, 0.1) is 50.5 Å². The fourth-order valence-corrected chi connectivity index (χ4v) is 6.85. The van der Waals surface area contributed by atoms with E-state index in [1.165, 1.54) is 44.0 Å². The smallest absolute Gasteiger partial charge is 0.225 e. The molecule has 0 saturated heterocycles. The number of halogens is 1. The van der Waals surface area contributed by atoms with E-state index in [-0.39, 0.29) is 5.54 Å². The van der Waals surface area contributed by atoms with Crippen LogP contribution in [0.3, 0.4) is 0 Å². The maximum atomic E-state index is 4.89. The average Bonchev–Trinajstić information content (AvgIpc) is 3.57. The van der Waals surface area contributed by atoms with Gasteiger partial charge in [0.25, 0.3) is 0 Å². The molecule has 0 saturated carbocycles. The molecular formula is C32H23IN4.